The van der Waals surface area contributed by atoms with E-state index in [1.54, 1.807) is 0 Å². The van der Waals surface area contributed by atoms with Crippen molar-refractivity contribution in [3.05, 3.63) is 34.9 Å². The molecule has 0 saturated heterocycles. The molecule has 0 bridgehead atoms. The summed E-state index contributed by atoms with van der Waals surface area (Å²) in [5.41, 5.74) is 0.218. The number of halogens is 2. The van der Waals surface area contributed by atoms with Gasteiger partial charge in [0.1, 0.15) is 5.82 Å². The fourth-order valence-corrected chi connectivity index (χ4v) is 1.84. The zero-order chi connectivity index (χ0) is 14.9. The van der Waals surface area contributed by atoms with E-state index < -0.39 is 11.9 Å². The first-order chi connectivity index (χ1) is 9.27. The topological polar surface area (TPSA) is 59.2 Å². The van der Waals surface area contributed by atoms with Crippen molar-refractivity contribution in [2.24, 2.45) is 5.41 Å². The summed E-state index contributed by atoms with van der Waals surface area (Å²) < 4.78 is 18.1. The predicted molar refractivity (Wildman–Crippen MR) is 73.9 cm³/mol. The Morgan fingerprint density at radius 1 is 1.40 bits per heavy atom. The quantitative estimate of drug-likeness (QED) is 0.942. The summed E-state index contributed by atoms with van der Waals surface area (Å²) in [4.78, 5) is 4.18. The Morgan fingerprint density at radius 2 is 2.10 bits per heavy atom. The number of hydrogen-bond donors (Lipinski definition) is 1. The van der Waals surface area contributed by atoms with Gasteiger partial charge in [-0.15, -0.1) is 0 Å². The highest BCUT2D eigenvalue weighted by Crippen LogP contribution is 2.27. The molecular formula is C14H16ClFN2O2. The molecule has 0 aliphatic rings. The maximum absolute atomic E-state index is 13.0. The smallest absolute Gasteiger partial charge is 0.229 e. The van der Waals surface area contributed by atoms with E-state index in [1.807, 2.05) is 20.8 Å². The molecule has 0 radical (unpaired) electrons. The number of rotatable bonds is 3. The van der Waals surface area contributed by atoms with E-state index in [2.05, 4.69) is 10.1 Å². The molecule has 6 heteroatoms. The number of benzene rings is 1. The molecule has 108 valence electrons. The molecule has 1 aromatic heterocycles. The van der Waals surface area contributed by atoms with Gasteiger partial charge >= 0.3 is 0 Å². The summed E-state index contributed by atoms with van der Waals surface area (Å²) in [6.45, 7) is 5.77. The van der Waals surface area contributed by atoms with Crippen molar-refractivity contribution in [2.45, 2.75) is 33.3 Å². The Kier molecular flexibility index (Phi) is 4.11. The molecule has 1 aromatic carbocycles. The van der Waals surface area contributed by atoms with Gasteiger partial charge in [0, 0.05) is 5.56 Å². The van der Waals surface area contributed by atoms with Crippen molar-refractivity contribution in [3.63, 3.8) is 0 Å². The SMILES string of the molecule is CC(C)(C)C(O)Cc1nc(-c2ccc(F)cc2Cl)no1. The van der Waals surface area contributed by atoms with Gasteiger partial charge in [0.05, 0.1) is 17.5 Å². The second-order valence-corrected chi connectivity index (χ2v) is 6.13. The summed E-state index contributed by atoms with van der Waals surface area (Å²) in [6, 6.07) is 3.96. The van der Waals surface area contributed by atoms with Gasteiger partial charge < -0.3 is 9.63 Å². The van der Waals surface area contributed by atoms with E-state index in [-0.39, 0.29) is 22.7 Å². The van der Waals surface area contributed by atoms with E-state index in [1.165, 1.54) is 18.2 Å². The Balaban J connectivity index is 2.21. The number of aliphatic hydroxyl groups is 1. The fraction of sp³-hybridized carbons (Fsp3) is 0.429. The standard InChI is InChI=1S/C14H16ClFN2O2/c1-14(2,3)11(19)7-12-17-13(18-20-12)9-5-4-8(16)6-10(9)15/h4-6,11,19H,7H2,1-3H3. The molecule has 0 saturated carbocycles. The Bertz CT molecular complexity index is 607. The average Bonchev–Trinajstić information content (AvgIpc) is 2.76. The Hall–Kier alpha value is -1.46. The molecule has 0 fully saturated rings. The van der Waals surface area contributed by atoms with Crippen LogP contribution in [0.2, 0.25) is 5.02 Å². The van der Waals surface area contributed by atoms with Crippen molar-refractivity contribution < 1.29 is 14.0 Å². The Labute approximate surface area is 121 Å². The highest BCUT2D eigenvalue weighted by molar-refractivity contribution is 6.33. The molecule has 0 aliphatic heterocycles. The highest BCUT2D eigenvalue weighted by Gasteiger charge is 2.25. The molecular weight excluding hydrogens is 283 g/mol. The lowest BCUT2D eigenvalue weighted by Crippen LogP contribution is -2.28. The molecule has 1 N–H and O–H groups in total. The van der Waals surface area contributed by atoms with Gasteiger partial charge in [-0.3, -0.25) is 0 Å². The van der Waals surface area contributed by atoms with E-state index in [4.69, 9.17) is 16.1 Å². The lowest BCUT2D eigenvalue weighted by atomic mass is 9.87. The minimum absolute atomic E-state index is 0.216. The summed E-state index contributed by atoms with van der Waals surface area (Å²) >= 11 is 5.94. The van der Waals surface area contributed by atoms with Crippen molar-refractivity contribution in [1.82, 2.24) is 10.1 Å². The zero-order valence-corrected chi connectivity index (χ0v) is 12.3. The van der Waals surface area contributed by atoms with Gasteiger partial charge in [-0.05, 0) is 23.6 Å². The highest BCUT2D eigenvalue weighted by atomic mass is 35.5. The summed E-state index contributed by atoms with van der Waals surface area (Å²) in [6.07, 6.45) is -0.338. The van der Waals surface area contributed by atoms with Gasteiger partial charge in [-0.1, -0.05) is 37.5 Å². The van der Waals surface area contributed by atoms with E-state index in [0.29, 0.717) is 11.5 Å². The maximum atomic E-state index is 13.0. The van der Waals surface area contributed by atoms with Crippen molar-refractivity contribution in [3.8, 4) is 11.4 Å². The fourth-order valence-electron chi connectivity index (χ4n) is 1.59. The van der Waals surface area contributed by atoms with Crippen LogP contribution in [0.25, 0.3) is 11.4 Å². The van der Waals surface area contributed by atoms with Crippen LogP contribution in [-0.4, -0.2) is 21.4 Å². The molecule has 1 heterocycles. The van der Waals surface area contributed by atoms with Crippen LogP contribution < -0.4 is 0 Å². The third-order valence-corrected chi connectivity index (χ3v) is 3.32. The van der Waals surface area contributed by atoms with Gasteiger partial charge in [0.2, 0.25) is 11.7 Å². The maximum Gasteiger partial charge on any atom is 0.229 e. The third kappa shape index (κ3) is 3.35. The minimum atomic E-state index is -0.598. The van der Waals surface area contributed by atoms with Gasteiger partial charge in [0.15, 0.2) is 0 Å². The molecule has 2 rings (SSSR count). The number of aliphatic hydroxyl groups excluding tert-OH is 1. The summed E-state index contributed by atoms with van der Waals surface area (Å²) in [5.74, 6) is 0.180. The third-order valence-electron chi connectivity index (χ3n) is 3.01. The van der Waals surface area contributed by atoms with E-state index in [9.17, 15) is 9.50 Å². The molecule has 1 unspecified atom stereocenters. The number of nitrogens with zero attached hydrogens (tertiary/aromatic N) is 2. The molecule has 1 atom stereocenters. The first kappa shape index (κ1) is 14.9. The molecule has 0 amide bonds. The summed E-state index contributed by atoms with van der Waals surface area (Å²) in [7, 11) is 0. The monoisotopic (exact) mass is 298 g/mol. The van der Waals surface area contributed by atoms with Crippen LogP contribution in [0.3, 0.4) is 0 Å². The van der Waals surface area contributed by atoms with Crippen LogP contribution in [0.15, 0.2) is 22.7 Å². The molecule has 2 aromatic rings. The summed E-state index contributed by atoms with van der Waals surface area (Å²) in [5, 5.41) is 14.0. The average molecular weight is 299 g/mol. The van der Waals surface area contributed by atoms with Crippen LogP contribution >= 0.6 is 11.6 Å². The first-order valence-electron chi connectivity index (χ1n) is 6.23. The van der Waals surface area contributed by atoms with Crippen molar-refractivity contribution >= 4 is 11.6 Å². The Morgan fingerprint density at radius 3 is 2.70 bits per heavy atom. The molecule has 0 aliphatic carbocycles. The molecule has 4 nitrogen and oxygen atoms in total. The lowest BCUT2D eigenvalue weighted by Gasteiger charge is -2.24. The van der Waals surface area contributed by atoms with E-state index in [0.717, 1.165) is 0 Å². The van der Waals surface area contributed by atoms with Crippen LogP contribution in [0.5, 0.6) is 0 Å². The van der Waals surface area contributed by atoms with Gasteiger partial charge in [0.25, 0.3) is 0 Å². The second-order valence-electron chi connectivity index (χ2n) is 5.72. The van der Waals surface area contributed by atoms with E-state index >= 15 is 0 Å². The van der Waals surface area contributed by atoms with Crippen LogP contribution in [0.1, 0.15) is 26.7 Å². The van der Waals surface area contributed by atoms with Crippen molar-refractivity contribution in [1.29, 1.82) is 0 Å². The zero-order valence-electron chi connectivity index (χ0n) is 11.5. The first-order valence-corrected chi connectivity index (χ1v) is 6.61. The van der Waals surface area contributed by atoms with Gasteiger partial charge in [-0.2, -0.15) is 4.98 Å². The molecule has 20 heavy (non-hydrogen) atoms. The number of hydrogen-bond acceptors (Lipinski definition) is 4. The van der Waals surface area contributed by atoms with Gasteiger partial charge in [-0.25, -0.2) is 4.39 Å². The number of aromatic nitrogens is 2. The van der Waals surface area contributed by atoms with Crippen LogP contribution in [0.4, 0.5) is 4.39 Å². The van der Waals surface area contributed by atoms with Crippen LogP contribution in [0, 0.1) is 11.2 Å². The minimum Gasteiger partial charge on any atom is -0.392 e. The van der Waals surface area contributed by atoms with Crippen LogP contribution in [-0.2, 0) is 6.42 Å². The lowest BCUT2D eigenvalue weighted by molar-refractivity contribution is 0.0565. The normalized spacial score (nSPS) is 13.5. The molecule has 0 spiro atoms. The largest absolute Gasteiger partial charge is 0.392 e. The predicted octanol–water partition coefficient (Wildman–Crippen LogP) is 3.48. The van der Waals surface area contributed by atoms with Crippen molar-refractivity contribution in [2.75, 3.05) is 0 Å². The second kappa shape index (κ2) is 5.50.